The maximum Gasteiger partial charge on any atom is 0.0584 e. The minimum absolute atomic E-state index is 0.273. The van der Waals surface area contributed by atoms with Gasteiger partial charge in [-0.1, -0.05) is 20.8 Å². The van der Waals surface area contributed by atoms with Crippen molar-refractivity contribution in [1.82, 2.24) is 5.32 Å². The van der Waals surface area contributed by atoms with Gasteiger partial charge in [0.2, 0.25) is 0 Å². The zero-order valence-corrected chi connectivity index (χ0v) is 9.79. The van der Waals surface area contributed by atoms with E-state index in [0.29, 0.717) is 12.1 Å². The third kappa shape index (κ3) is 3.25. The third-order valence-electron chi connectivity index (χ3n) is 3.59. The van der Waals surface area contributed by atoms with E-state index in [2.05, 4.69) is 26.1 Å². The first kappa shape index (κ1) is 12.0. The number of aliphatic hydroxyl groups excluding tert-OH is 1. The monoisotopic (exact) mass is 199 g/mol. The second-order valence-corrected chi connectivity index (χ2v) is 4.96. The highest BCUT2D eigenvalue weighted by Crippen LogP contribution is 2.28. The van der Waals surface area contributed by atoms with Gasteiger partial charge in [0, 0.05) is 12.1 Å². The zero-order chi connectivity index (χ0) is 10.6. The Hall–Kier alpha value is -0.0800. The molecule has 0 saturated heterocycles. The fourth-order valence-corrected chi connectivity index (χ4v) is 2.52. The molecule has 1 fully saturated rings. The van der Waals surface area contributed by atoms with Gasteiger partial charge in [-0.25, -0.2) is 0 Å². The van der Waals surface area contributed by atoms with Crippen molar-refractivity contribution in [2.24, 2.45) is 11.8 Å². The number of nitrogens with one attached hydrogen (secondary N) is 1. The zero-order valence-electron chi connectivity index (χ0n) is 9.79. The van der Waals surface area contributed by atoms with E-state index in [4.69, 9.17) is 5.11 Å². The van der Waals surface area contributed by atoms with Crippen molar-refractivity contribution in [1.29, 1.82) is 0 Å². The van der Waals surface area contributed by atoms with Crippen molar-refractivity contribution in [2.45, 2.75) is 58.5 Å². The summed E-state index contributed by atoms with van der Waals surface area (Å²) >= 11 is 0. The Labute approximate surface area is 88.1 Å². The Morgan fingerprint density at radius 1 is 1.36 bits per heavy atom. The summed E-state index contributed by atoms with van der Waals surface area (Å²) in [5.74, 6) is 1.65. The van der Waals surface area contributed by atoms with Crippen LogP contribution in [0.15, 0.2) is 0 Å². The average Bonchev–Trinajstić information content (AvgIpc) is 2.17. The van der Waals surface area contributed by atoms with Crippen LogP contribution in [0.2, 0.25) is 0 Å². The van der Waals surface area contributed by atoms with Crippen LogP contribution in [0.5, 0.6) is 0 Å². The second kappa shape index (κ2) is 5.72. The minimum atomic E-state index is 0.273. The van der Waals surface area contributed by atoms with Gasteiger partial charge in [0.05, 0.1) is 6.61 Å². The van der Waals surface area contributed by atoms with E-state index in [1.165, 1.54) is 19.3 Å². The van der Waals surface area contributed by atoms with Crippen LogP contribution >= 0.6 is 0 Å². The van der Waals surface area contributed by atoms with E-state index in [1.54, 1.807) is 0 Å². The minimum Gasteiger partial charge on any atom is -0.395 e. The van der Waals surface area contributed by atoms with E-state index in [9.17, 15) is 0 Å². The first-order chi connectivity index (χ1) is 6.67. The number of rotatable bonds is 4. The number of aliphatic hydroxyl groups is 1. The maximum absolute atomic E-state index is 9.13. The smallest absolute Gasteiger partial charge is 0.0584 e. The average molecular weight is 199 g/mol. The van der Waals surface area contributed by atoms with Crippen LogP contribution in [0, 0.1) is 11.8 Å². The molecule has 0 spiro atoms. The lowest BCUT2D eigenvalue weighted by Gasteiger charge is -2.35. The molecule has 0 radical (unpaired) electrons. The van der Waals surface area contributed by atoms with Crippen molar-refractivity contribution in [3.63, 3.8) is 0 Å². The maximum atomic E-state index is 9.13. The highest BCUT2D eigenvalue weighted by atomic mass is 16.3. The Morgan fingerprint density at radius 2 is 2.07 bits per heavy atom. The third-order valence-corrected chi connectivity index (χ3v) is 3.59. The van der Waals surface area contributed by atoms with E-state index < -0.39 is 0 Å². The van der Waals surface area contributed by atoms with Crippen molar-refractivity contribution >= 4 is 0 Å². The molecule has 0 aromatic heterocycles. The predicted molar refractivity (Wildman–Crippen MR) is 60.3 cm³/mol. The van der Waals surface area contributed by atoms with Gasteiger partial charge < -0.3 is 10.4 Å². The molecule has 0 heterocycles. The van der Waals surface area contributed by atoms with Crippen LogP contribution in [-0.2, 0) is 0 Å². The Kier molecular flexibility index (Phi) is 4.90. The lowest BCUT2D eigenvalue weighted by Crippen LogP contribution is -2.45. The van der Waals surface area contributed by atoms with Gasteiger partial charge in [0.25, 0.3) is 0 Å². The largest absolute Gasteiger partial charge is 0.395 e. The Bertz CT molecular complexity index is 156. The topological polar surface area (TPSA) is 32.3 Å². The Morgan fingerprint density at radius 3 is 2.57 bits per heavy atom. The van der Waals surface area contributed by atoms with Crippen LogP contribution < -0.4 is 5.32 Å². The van der Waals surface area contributed by atoms with Crippen molar-refractivity contribution < 1.29 is 5.11 Å². The van der Waals surface area contributed by atoms with Crippen LogP contribution in [0.25, 0.3) is 0 Å². The van der Waals surface area contributed by atoms with Crippen LogP contribution in [0.1, 0.15) is 46.5 Å². The Balaban J connectivity index is 2.36. The summed E-state index contributed by atoms with van der Waals surface area (Å²) in [5, 5.41) is 12.7. The molecule has 1 aliphatic carbocycles. The fraction of sp³-hybridized carbons (Fsp3) is 1.00. The van der Waals surface area contributed by atoms with E-state index in [0.717, 1.165) is 18.3 Å². The summed E-state index contributed by atoms with van der Waals surface area (Å²) in [6, 6.07) is 0.930. The molecule has 4 atom stereocenters. The molecular weight excluding hydrogens is 174 g/mol. The van der Waals surface area contributed by atoms with Gasteiger partial charge >= 0.3 is 0 Å². The van der Waals surface area contributed by atoms with Crippen LogP contribution in [-0.4, -0.2) is 23.8 Å². The van der Waals surface area contributed by atoms with E-state index in [1.807, 2.05) is 0 Å². The lowest BCUT2D eigenvalue weighted by atomic mass is 9.79. The normalized spacial score (nSPS) is 35.6. The molecule has 0 bridgehead atoms. The quantitative estimate of drug-likeness (QED) is 0.727. The summed E-state index contributed by atoms with van der Waals surface area (Å²) < 4.78 is 0. The van der Waals surface area contributed by atoms with Crippen molar-refractivity contribution in [3.05, 3.63) is 0 Å². The molecule has 2 nitrogen and oxygen atoms in total. The first-order valence-corrected chi connectivity index (χ1v) is 6.04. The molecule has 3 unspecified atom stereocenters. The van der Waals surface area contributed by atoms with Gasteiger partial charge in [-0.15, -0.1) is 0 Å². The molecule has 84 valence electrons. The molecule has 0 amide bonds. The fourth-order valence-electron chi connectivity index (χ4n) is 2.52. The van der Waals surface area contributed by atoms with Crippen LogP contribution in [0.3, 0.4) is 0 Å². The van der Waals surface area contributed by atoms with E-state index in [-0.39, 0.29) is 6.61 Å². The second-order valence-electron chi connectivity index (χ2n) is 4.96. The summed E-state index contributed by atoms with van der Waals surface area (Å²) in [7, 11) is 0. The van der Waals surface area contributed by atoms with Crippen LogP contribution in [0.4, 0.5) is 0 Å². The highest BCUT2D eigenvalue weighted by Gasteiger charge is 2.26. The molecule has 1 rings (SSSR count). The predicted octanol–water partition coefficient (Wildman–Crippen LogP) is 2.17. The molecule has 2 N–H and O–H groups in total. The molecule has 2 heteroatoms. The molecule has 1 aliphatic rings. The van der Waals surface area contributed by atoms with Crippen molar-refractivity contribution in [2.75, 3.05) is 6.61 Å². The summed E-state index contributed by atoms with van der Waals surface area (Å²) in [4.78, 5) is 0. The van der Waals surface area contributed by atoms with Crippen molar-refractivity contribution in [3.8, 4) is 0 Å². The van der Waals surface area contributed by atoms with E-state index >= 15 is 0 Å². The molecule has 14 heavy (non-hydrogen) atoms. The first-order valence-electron chi connectivity index (χ1n) is 6.04. The summed E-state index contributed by atoms with van der Waals surface area (Å²) in [5.41, 5.74) is 0. The molecule has 1 saturated carbocycles. The van der Waals surface area contributed by atoms with Gasteiger partial charge in [-0.3, -0.25) is 0 Å². The van der Waals surface area contributed by atoms with Gasteiger partial charge in [-0.2, -0.15) is 0 Å². The lowest BCUT2D eigenvalue weighted by molar-refractivity contribution is 0.174. The summed E-state index contributed by atoms with van der Waals surface area (Å²) in [6.45, 7) is 7.08. The number of hydrogen-bond acceptors (Lipinski definition) is 2. The standard InChI is InChI=1S/C12H25NO/c1-4-11(8-14)13-12-6-5-9(2)7-10(12)3/h9-14H,4-8H2,1-3H3/t9?,10?,11-,12?/m1/s1. The number of hydrogen-bond donors (Lipinski definition) is 2. The molecule has 0 aromatic carbocycles. The van der Waals surface area contributed by atoms with Gasteiger partial charge in [-0.05, 0) is 37.5 Å². The van der Waals surface area contributed by atoms with Gasteiger partial charge in [0.1, 0.15) is 0 Å². The molecular formula is C12H25NO. The molecule has 0 aromatic rings. The highest BCUT2D eigenvalue weighted by molar-refractivity contribution is 4.83. The SMILES string of the molecule is CC[C@H](CO)NC1CCC(C)CC1C. The van der Waals surface area contributed by atoms with Gasteiger partial charge in [0.15, 0.2) is 0 Å². The summed E-state index contributed by atoms with van der Waals surface area (Å²) in [6.07, 6.45) is 4.97. The molecule has 0 aliphatic heterocycles.